The van der Waals surface area contributed by atoms with E-state index in [-0.39, 0.29) is 22.9 Å². The van der Waals surface area contributed by atoms with Crippen LogP contribution in [0.2, 0.25) is 5.02 Å². The van der Waals surface area contributed by atoms with Crippen LogP contribution in [0.5, 0.6) is 11.6 Å². The van der Waals surface area contributed by atoms with Gasteiger partial charge in [0.1, 0.15) is 18.5 Å². The number of rotatable bonds is 7. The molecular weight excluding hydrogens is 456 g/mol. The van der Waals surface area contributed by atoms with Gasteiger partial charge in [-0.2, -0.15) is 0 Å². The Bertz CT molecular complexity index is 1130. The fourth-order valence-electron chi connectivity index (χ4n) is 3.39. The molecule has 0 saturated carbocycles. The third-order valence-corrected chi connectivity index (χ3v) is 6.51. The number of benzene rings is 2. The quantitative estimate of drug-likeness (QED) is 0.489. The van der Waals surface area contributed by atoms with E-state index in [1.54, 1.807) is 0 Å². The van der Waals surface area contributed by atoms with E-state index in [1.807, 2.05) is 60.4 Å². The zero-order valence-electron chi connectivity index (χ0n) is 16.7. The summed E-state index contributed by atoms with van der Waals surface area (Å²) in [6.45, 7) is 3.14. The zero-order valence-corrected chi connectivity index (χ0v) is 19.1. The van der Waals surface area contributed by atoms with Crippen molar-refractivity contribution in [3.63, 3.8) is 0 Å². The fourth-order valence-corrected chi connectivity index (χ4v) is 4.72. The molecule has 0 amide bonds. The Hall–Kier alpha value is -2.55. The molecule has 0 radical (unpaired) electrons. The molecule has 2 heterocycles. The fraction of sp³-hybridized carbons (Fsp3) is 0.273. The van der Waals surface area contributed by atoms with Crippen molar-refractivity contribution < 1.29 is 14.6 Å². The van der Waals surface area contributed by atoms with Crippen LogP contribution in [0.4, 0.5) is 0 Å². The van der Waals surface area contributed by atoms with E-state index in [1.165, 1.54) is 0 Å². The van der Waals surface area contributed by atoms with Gasteiger partial charge >= 0.3 is 4.87 Å². The molecule has 1 fully saturated rings. The topological polar surface area (TPSA) is 74.8 Å². The van der Waals surface area contributed by atoms with Gasteiger partial charge in [-0.3, -0.25) is 9.78 Å². The van der Waals surface area contributed by atoms with Crippen LogP contribution in [0, 0.1) is 0 Å². The van der Waals surface area contributed by atoms with Gasteiger partial charge in [0.25, 0.3) is 5.17 Å². The molecule has 9 heteroatoms. The maximum Gasteiger partial charge on any atom is 0.307 e. The number of hydrogen-bond donors (Lipinski definition) is 2. The first-order valence-electron chi connectivity index (χ1n) is 9.74. The summed E-state index contributed by atoms with van der Waals surface area (Å²) in [5.74, 6) is 0.670. The second-order valence-corrected chi connectivity index (χ2v) is 9.20. The molecule has 2 N–H and O–H groups in total. The Morgan fingerprint density at radius 3 is 2.81 bits per heavy atom. The highest BCUT2D eigenvalue weighted by atomic mass is 35.5. The van der Waals surface area contributed by atoms with E-state index in [4.69, 9.17) is 33.3 Å². The van der Waals surface area contributed by atoms with Crippen LogP contribution in [0.25, 0.3) is 0 Å². The summed E-state index contributed by atoms with van der Waals surface area (Å²) in [5, 5.41) is 10.9. The van der Waals surface area contributed by atoms with Gasteiger partial charge < -0.3 is 19.5 Å². The summed E-state index contributed by atoms with van der Waals surface area (Å²) < 4.78 is 11.8. The number of aromatic amines is 1. The summed E-state index contributed by atoms with van der Waals surface area (Å²) in [6.07, 6.45) is 0.337. The van der Waals surface area contributed by atoms with Crippen molar-refractivity contribution in [3.05, 3.63) is 79.2 Å². The number of H-pyrrole nitrogens is 1. The van der Waals surface area contributed by atoms with Crippen LogP contribution < -0.4 is 9.61 Å². The Morgan fingerprint density at radius 2 is 2.13 bits per heavy atom. The molecule has 6 nitrogen and oxygen atoms in total. The Kier molecular flexibility index (Phi) is 6.50. The third kappa shape index (κ3) is 5.20. The highest BCUT2D eigenvalue weighted by Crippen LogP contribution is 2.29. The van der Waals surface area contributed by atoms with Gasteiger partial charge in [-0.05, 0) is 54.5 Å². The molecule has 1 saturated heterocycles. The van der Waals surface area contributed by atoms with Crippen LogP contribution >= 0.6 is 35.2 Å². The average Bonchev–Trinajstić information content (AvgIpc) is 3.28. The summed E-state index contributed by atoms with van der Waals surface area (Å²) >= 11 is 12.5. The monoisotopic (exact) mass is 476 g/mol. The van der Waals surface area contributed by atoms with Crippen molar-refractivity contribution in [3.8, 4) is 11.6 Å². The molecule has 3 aromatic rings. The number of halogens is 1. The van der Waals surface area contributed by atoms with Gasteiger partial charge in [-0.1, -0.05) is 47.2 Å². The van der Waals surface area contributed by atoms with Gasteiger partial charge in [-0.15, -0.1) is 0 Å². The summed E-state index contributed by atoms with van der Waals surface area (Å²) in [6, 6.07) is 15.2. The molecule has 2 unspecified atom stereocenters. The van der Waals surface area contributed by atoms with E-state index >= 15 is 0 Å². The smallest absolute Gasteiger partial charge is 0.307 e. The molecule has 162 valence electrons. The van der Waals surface area contributed by atoms with Gasteiger partial charge in [0.15, 0.2) is 0 Å². The zero-order chi connectivity index (χ0) is 22.0. The minimum atomic E-state index is -0.261. The van der Waals surface area contributed by atoms with E-state index in [2.05, 4.69) is 4.98 Å². The molecule has 4 rings (SSSR count). The van der Waals surface area contributed by atoms with Gasteiger partial charge in [0.2, 0.25) is 5.88 Å². The highest BCUT2D eigenvalue weighted by molar-refractivity contribution is 7.80. The van der Waals surface area contributed by atoms with Crippen molar-refractivity contribution in [2.45, 2.75) is 25.5 Å². The van der Waals surface area contributed by atoms with Crippen molar-refractivity contribution in [2.24, 2.45) is 0 Å². The van der Waals surface area contributed by atoms with Crippen molar-refractivity contribution in [1.82, 2.24) is 9.88 Å². The Balaban J connectivity index is 1.32. The lowest BCUT2D eigenvalue weighted by atomic mass is 10.1. The van der Waals surface area contributed by atoms with Crippen molar-refractivity contribution >= 4 is 40.3 Å². The number of thiocarbonyl (C=S) groups is 1. The van der Waals surface area contributed by atoms with Crippen LogP contribution in [0.3, 0.4) is 0 Å². The molecule has 0 bridgehead atoms. The number of nitrogens with zero attached hydrogens (tertiary/aromatic N) is 1. The molecule has 1 aromatic heterocycles. The molecule has 2 aromatic carbocycles. The number of nitrogens with one attached hydrogen (secondary N) is 1. The van der Waals surface area contributed by atoms with E-state index in [9.17, 15) is 9.90 Å². The maximum absolute atomic E-state index is 11.3. The molecule has 31 heavy (non-hydrogen) atoms. The van der Waals surface area contributed by atoms with Gasteiger partial charge in [-0.25, -0.2) is 0 Å². The second kappa shape index (κ2) is 9.30. The SMILES string of the molecule is CC(COc1ccc(Cc2sc(=O)[nH]c2O)cc1)N1CC(c2cccc(Cl)c2)OC1=S. The molecule has 1 aliphatic heterocycles. The minimum absolute atomic E-state index is 0.0328. The maximum atomic E-state index is 11.3. The minimum Gasteiger partial charge on any atom is -0.494 e. The van der Waals surface area contributed by atoms with Gasteiger partial charge in [0.05, 0.1) is 17.5 Å². The molecule has 0 aliphatic carbocycles. The number of ether oxygens (including phenoxy) is 2. The van der Waals surface area contributed by atoms with Crippen molar-refractivity contribution in [2.75, 3.05) is 13.2 Å². The van der Waals surface area contributed by atoms with Crippen LogP contribution in [0.15, 0.2) is 53.3 Å². The normalized spacial score (nSPS) is 16.9. The standard InChI is InChI=1S/C22H21ClN2O4S2/c1-13(25-11-18(29-22(25)30)15-3-2-4-16(23)10-15)12-28-17-7-5-14(6-8-17)9-19-20(26)24-21(27)31-19/h2-8,10,13,18,26H,9,11-12H2,1H3,(H,24,27). The number of aromatic hydroxyl groups is 1. The lowest BCUT2D eigenvalue weighted by Gasteiger charge is -2.23. The van der Waals surface area contributed by atoms with Crippen LogP contribution in [0.1, 0.15) is 29.0 Å². The predicted octanol–water partition coefficient (Wildman–Crippen LogP) is 4.51. The predicted molar refractivity (Wildman–Crippen MR) is 125 cm³/mol. The first kappa shape index (κ1) is 21.7. The molecule has 0 spiro atoms. The summed E-state index contributed by atoms with van der Waals surface area (Å²) in [4.78, 5) is 16.1. The Labute approximate surface area is 194 Å². The van der Waals surface area contributed by atoms with Gasteiger partial charge in [0, 0.05) is 11.4 Å². The number of thiazole rings is 1. The van der Waals surface area contributed by atoms with Crippen LogP contribution in [-0.4, -0.2) is 39.4 Å². The molecular formula is C22H21ClN2O4S2. The lowest BCUT2D eigenvalue weighted by Crippen LogP contribution is -2.37. The summed E-state index contributed by atoms with van der Waals surface area (Å²) in [7, 11) is 0. The van der Waals surface area contributed by atoms with Crippen molar-refractivity contribution in [1.29, 1.82) is 0 Å². The average molecular weight is 477 g/mol. The largest absolute Gasteiger partial charge is 0.494 e. The van der Waals surface area contributed by atoms with Crippen LogP contribution in [-0.2, 0) is 11.2 Å². The molecule has 2 atom stereocenters. The lowest BCUT2D eigenvalue weighted by molar-refractivity contribution is 0.212. The van der Waals surface area contributed by atoms with E-state index < -0.39 is 0 Å². The second-order valence-electron chi connectivity index (χ2n) is 7.35. The Morgan fingerprint density at radius 1 is 1.35 bits per heavy atom. The highest BCUT2D eigenvalue weighted by Gasteiger charge is 2.32. The first-order chi connectivity index (χ1) is 14.9. The number of aromatic nitrogens is 1. The van der Waals surface area contributed by atoms with E-state index in [0.29, 0.717) is 34.6 Å². The van der Waals surface area contributed by atoms with E-state index in [0.717, 1.165) is 28.2 Å². The summed E-state index contributed by atoms with van der Waals surface area (Å²) in [5.41, 5.74) is 1.98. The number of hydrogen-bond acceptors (Lipinski definition) is 6. The third-order valence-electron chi connectivity index (χ3n) is 5.07. The molecule has 1 aliphatic rings. The first-order valence-corrected chi connectivity index (χ1v) is 11.3.